The molecule has 2 amide bonds. The topological polar surface area (TPSA) is 69.6 Å². The number of benzene rings is 1. The molecule has 1 unspecified atom stereocenters. The lowest BCUT2D eigenvalue weighted by Crippen LogP contribution is -2.52. The molecule has 23 heavy (non-hydrogen) atoms. The van der Waals surface area contributed by atoms with Crippen LogP contribution in [0.3, 0.4) is 0 Å². The molecule has 0 saturated carbocycles. The second kappa shape index (κ2) is 6.14. The lowest BCUT2D eigenvalue weighted by atomic mass is 10.0. The van der Waals surface area contributed by atoms with Gasteiger partial charge in [-0.25, -0.2) is 0 Å². The van der Waals surface area contributed by atoms with E-state index in [4.69, 9.17) is 0 Å². The first-order valence-electron chi connectivity index (χ1n) is 7.42. The van der Waals surface area contributed by atoms with Crippen LogP contribution >= 0.6 is 11.3 Å². The number of hydrogen-bond donors (Lipinski definition) is 2. The molecule has 1 aromatic heterocycles. The van der Waals surface area contributed by atoms with E-state index in [-0.39, 0.29) is 6.42 Å². The highest BCUT2D eigenvalue weighted by Crippen LogP contribution is 2.28. The van der Waals surface area contributed by atoms with Gasteiger partial charge in [-0.3, -0.25) is 9.59 Å². The number of nitrogens with one attached hydrogen (secondary N) is 1. The zero-order valence-electron chi connectivity index (χ0n) is 12.8. The van der Waals surface area contributed by atoms with Crippen LogP contribution in [0.2, 0.25) is 0 Å². The molecule has 1 aliphatic heterocycles. The Hall–Kier alpha value is -2.18. The van der Waals surface area contributed by atoms with E-state index < -0.39 is 17.4 Å². The Bertz CT molecular complexity index is 728. The standard InChI is InChI=1S/C17H18N2O3S/c1-12-9-14(23-11-12)10-18-15(20)17(22)7-8-19(16(17)21)13-5-3-2-4-6-13/h2-6,9,11,22H,7-8,10H2,1H3,(H,18,20). The summed E-state index contributed by atoms with van der Waals surface area (Å²) in [4.78, 5) is 27.3. The fraction of sp³-hybridized carbons (Fsp3) is 0.294. The van der Waals surface area contributed by atoms with Crippen molar-refractivity contribution < 1.29 is 14.7 Å². The highest BCUT2D eigenvalue weighted by molar-refractivity contribution is 7.10. The van der Waals surface area contributed by atoms with Crippen LogP contribution in [0.1, 0.15) is 16.9 Å². The van der Waals surface area contributed by atoms with Crippen LogP contribution in [0.25, 0.3) is 0 Å². The first kappa shape index (κ1) is 15.7. The monoisotopic (exact) mass is 330 g/mol. The van der Waals surface area contributed by atoms with Gasteiger partial charge in [0.25, 0.3) is 11.8 Å². The molecule has 6 heteroatoms. The van der Waals surface area contributed by atoms with E-state index in [0.29, 0.717) is 18.8 Å². The Balaban J connectivity index is 1.69. The van der Waals surface area contributed by atoms with Gasteiger partial charge in [0.15, 0.2) is 0 Å². The van der Waals surface area contributed by atoms with Crippen LogP contribution in [0.4, 0.5) is 5.69 Å². The summed E-state index contributed by atoms with van der Waals surface area (Å²) >= 11 is 1.54. The maximum atomic E-state index is 12.5. The SMILES string of the molecule is Cc1csc(CNC(=O)C2(O)CCN(c3ccccc3)C2=O)c1. The molecule has 1 aliphatic rings. The average molecular weight is 330 g/mol. The van der Waals surface area contributed by atoms with Gasteiger partial charge in [-0.05, 0) is 36.1 Å². The number of aliphatic hydroxyl groups is 1. The van der Waals surface area contributed by atoms with Gasteiger partial charge in [-0.15, -0.1) is 11.3 Å². The molecule has 120 valence electrons. The molecule has 0 radical (unpaired) electrons. The molecule has 2 N–H and O–H groups in total. The van der Waals surface area contributed by atoms with Gasteiger partial charge in [0.05, 0.1) is 6.54 Å². The first-order chi connectivity index (χ1) is 11.0. The summed E-state index contributed by atoms with van der Waals surface area (Å²) in [6, 6.07) is 11.0. The molecule has 0 bridgehead atoms. The van der Waals surface area contributed by atoms with E-state index in [1.807, 2.05) is 36.6 Å². The van der Waals surface area contributed by atoms with Crippen molar-refractivity contribution in [2.75, 3.05) is 11.4 Å². The number of carbonyl (C=O) groups excluding carboxylic acids is 2. The lowest BCUT2D eigenvalue weighted by Gasteiger charge is -2.21. The fourth-order valence-corrected chi connectivity index (χ4v) is 3.48. The zero-order valence-corrected chi connectivity index (χ0v) is 13.6. The Morgan fingerprint density at radius 3 is 2.78 bits per heavy atom. The molecule has 1 aromatic carbocycles. The number of carbonyl (C=O) groups is 2. The van der Waals surface area contributed by atoms with E-state index in [1.54, 1.807) is 12.1 Å². The third-order valence-corrected chi connectivity index (χ3v) is 5.00. The molecule has 2 aromatic rings. The van der Waals surface area contributed by atoms with Gasteiger partial charge in [0, 0.05) is 23.5 Å². The maximum Gasteiger partial charge on any atom is 0.268 e. The molecular weight excluding hydrogens is 312 g/mol. The molecule has 5 nitrogen and oxygen atoms in total. The highest BCUT2D eigenvalue weighted by Gasteiger charge is 2.51. The van der Waals surface area contributed by atoms with Gasteiger partial charge >= 0.3 is 0 Å². The van der Waals surface area contributed by atoms with Crippen LogP contribution in [0.15, 0.2) is 41.8 Å². The van der Waals surface area contributed by atoms with Crippen LogP contribution in [-0.2, 0) is 16.1 Å². The largest absolute Gasteiger partial charge is 0.372 e. The third kappa shape index (κ3) is 3.00. The second-order valence-electron chi connectivity index (χ2n) is 5.68. The quantitative estimate of drug-likeness (QED) is 0.841. The normalized spacial score (nSPS) is 20.8. The van der Waals surface area contributed by atoms with Gasteiger partial charge in [-0.2, -0.15) is 0 Å². The fourth-order valence-electron chi connectivity index (χ4n) is 2.67. The summed E-state index contributed by atoms with van der Waals surface area (Å²) in [5.41, 5.74) is -0.164. The maximum absolute atomic E-state index is 12.5. The van der Waals surface area contributed by atoms with Gasteiger partial charge in [0.2, 0.25) is 5.60 Å². The molecule has 1 atom stereocenters. The van der Waals surface area contributed by atoms with E-state index in [9.17, 15) is 14.7 Å². The molecule has 1 fully saturated rings. The highest BCUT2D eigenvalue weighted by atomic mass is 32.1. The number of aryl methyl sites for hydroxylation is 1. The minimum Gasteiger partial charge on any atom is -0.372 e. The number of nitrogens with zero attached hydrogens (tertiary/aromatic N) is 1. The van der Waals surface area contributed by atoms with Crippen molar-refractivity contribution in [3.8, 4) is 0 Å². The predicted molar refractivity (Wildman–Crippen MR) is 89.3 cm³/mol. The van der Waals surface area contributed by atoms with E-state index >= 15 is 0 Å². The van der Waals surface area contributed by atoms with Crippen molar-refractivity contribution in [3.63, 3.8) is 0 Å². The number of amides is 2. The van der Waals surface area contributed by atoms with Crippen molar-refractivity contribution >= 4 is 28.8 Å². The first-order valence-corrected chi connectivity index (χ1v) is 8.30. The van der Waals surface area contributed by atoms with E-state index in [1.165, 1.54) is 16.2 Å². The summed E-state index contributed by atoms with van der Waals surface area (Å²) in [7, 11) is 0. The van der Waals surface area contributed by atoms with Crippen LogP contribution in [-0.4, -0.2) is 29.1 Å². The zero-order chi connectivity index (χ0) is 16.4. The van der Waals surface area contributed by atoms with Crippen molar-refractivity contribution in [2.45, 2.75) is 25.5 Å². The van der Waals surface area contributed by atoms with Crippen molar-refractivity contribution in [3.05, 3.63) is 52.2 Å². The van der Waals surface area contributed by atoms with Crippen molar-refractivity contribution in [1.29, 1.82) is 0 Å². The average Bonchev–Trinajstić information content (AvgIpc) is 3.11. The summed E-state index contributed by atoms with van der Waals surface area (Å²) in [5.74, 6) is -1.20. The van der Waals surface area contributed by atoms with Gasteiger partial charge in [-0.1, -0.05) is 18.2 Å². The van der Waals surface area contributed by atoms with Crippen LogP contribution in [0, 0.1) is 6.92 Å². The van der Waals surface area contributed by atoms with Crippen LogP contribution in [0.5, 0.6) is 0 Å². The Kier molecular flexibility index (Phi) is 4.19. The van der Waals surface area contributed by atoms with Crippen molar-refractivity contribution in [1.82, 2.24) is 5.32 Å². The van der Waals surface area contributed by atoms with E-state index in [2.05, 4.69) is 5.32 Å². The third-order valence-electron chi connectivity index (χ3n) is 3.95. The molecule has 0 spiro atoms. The minimum absolute atomic E-state index is 0.0933. The molecule has 3 rings (SSSR count). The number of hydrogen-bond acceptors (Lipinski definition) is 4. The van der Waals surface area contributed by atoms with Gasteiger partial charge in [0.1, 0.15) is 0 Å². The minimum atomic E-state index is -1.98. The number of rotatable bonds is 4. The summed E-state index contributed by atoms with van der Waals surface area (Å²) in [6.45, 7) is 2.62. The van der Waals surface area contributed by atoms with Crippen LogP contribution < -0.4 is 10.2 Å². The molecule has 2 heterocycles. The number of anilines is 1. The van der Waals surface area contributed by atoms with Gasteiger partial charge < -0.3 is 15.3 Å². The molecule has 0 aliphatic carbocycles. The Morgan fingerprint density at radius 1 is 1.39 bits per heavy atom. The second-order valence-corrected chi connectivity index (χ2v) is 6.67. The van der Waals surface area contributed by atoms with E-state index in [0.717, 1.165) is 10.4 Å². The number of thiophene rings is 1. The number of para-hydroxylation sites is 1. The smallest absolute Gasteiger partial charge is 0.268 e. The molecule has 1 saturated heterocycles. The summed E-state index contributed by atoms with van der Waals surface area (Å²) in [6.07, 6.45) is 0.0933. The summed E-state index contributed by atoms with van der Waals surface area (Å²) < 4.78 is 0. The predicted octanol–water partition coefficient (Wildman–Crippen LogP) is 1.84. The lowest BCUT2D eigenvalue weighted by molar-refractivity contribution is -0.149. The summed E-state index contributed by atoms with van der Waals surface area (Å²) in [5, 5.41) is 15.2. The van der Waals surface area contributed by atoms with Crippen molar-refractivity contribution in [2.24, 2.45) is 0 Å². The molecular formula is C17H18N2O3S. The Labute approximate surface area is 138 Å². The Morgan fingerprint density at radius 2 is 2.13 bits per heavy atom.